The largest absolute Gasteiger partial charge is 0.383 e. The molecule has 1 amide bonds. The maximum Gasteiger partial charge on any atom is 0.252 e. The van der Waals surface area contributed by atoms with Crippen LogP contribution in [-0.2, 0) is 12.0 Å². The van der Waals surface area contributed by atoms with E-state index in [0.29, 0.717) is 12.0 Å². The van der Waals surface area contributed by atoms with Crippen LogP contribution >= 0.6 is 0 Å². The zero-order valence-corrected chi connectivity index (χ0v) is 12.1. The molecule has 1 heterocycles. The van der Waals surface area contributed by atoms with Gasteiger partial charge in [0.05, 0.1) is 12.1 Å². The molecule has 1 aromatic heterocycles. The molecule has 1 aliphatic rings. The molecular weight excluding hydrogens is 280 g/mol. The fraction of sp³-hybridized carbons (Fsp3) is 0.294. The van der Waals surface area contributed by atoms with Gasteiger partial charge in [0.25, 0.3) is 5.91 Å². The minimum Gasteiger partial charge on any atom is -0.383 e. The van der Waals surface area contributed by atoms with Crippen molar-refractivity contribution in [2.24, 2.45) is 0 Å². The number of carbonyl (C=O) groups excluding carboxylic acids is 1. The number of aliphatic hydroxyl groups is 1. The van der Waals surface area contributed by atoms with Crippen LogP contribution in [0.3, 0.4) is 0 Å². The summed E-state index contributed by atoms with van der Waals surface area (Å²) in [5, 5.41) is 13.6. The van der Waals surface area contributed by atoms with E-state index in [1.165, 1.54) is 18.3 Å². The summed E-state index contributed by atoms with van der Waals surface area (Å²) in [6.07, 6.45) is 3.83. The Bertz CT molecular complexity index is 733. The van der Waals surface area contributed by atoms with Gasteiger partial charge >= 0.3 is 0 Å². The third-order valence-corrected chi connectivity index (χ3v) is 4.14. The van der Waals surface area contributed by atoms with Gasteiger partial charge in [-0.1, -0.05) is 24.3 Å². The SMILES string of the molecule is O=C(NC[C@]1(O)CCCc2ccccc21)c1ccc(=O)[nH]c1. The van der Waals surface area contributed by atoms with E-state index in [4.69, 9.17) is 0 Å². The average Bonchev–Trinajstić information content (AvgIpc) is 2.54. The molecule has 1 atom stereocenters. The molecule has 3 N–H and O–H groups in total. The number of amides is 1. The van der Waals surface area contributed by atoms with Crippen molar-refractivity contribution in [1.29, 1.82) is 0 Å². The summed E-state index contributed by atoms with van der Waals surface area (Å²) in [5.74, 6) is -0.312. The normalized spacial score (nSPS) is 20.2. The van der Waals surface area contributed by atoms with E-state index in [0.717, 1.165) is 24.0 Å². The second-order valence-corrected chi connectivity index (χ2v) is 5.67. The molecule has 22 heavy (non-hydrogen) atoms. The van der Waals surface area contributed by atoms with Crippen molar-refractivity contribution in [3.63, 3.8) is 0 Å². The van der Waals surface area contributed by atoms with Crippen LogP contribution in [0.25, 0.3) is 0 Å². The summed E-state index contributed by atoms with van der Waals surface area (Å²) in [6, 6.07) is 10.6. The standard InChI is InChI=1S/C17H18N2O3/c20-15-8-7-13(10-18-15)16(21)19-11-17(22)9-3-5-12-4-1-2-6-14(12)17/h1-2,4,6-8,10,22H,3,5,9,11H2,(H,18,20)(H,19,21)/t17-/m1/s1. The van der Waals surface area contributed by atoms with E-state index in [2.05, 4.69) is 10.3 Å². The van der Waals surface area contributed by atoms with Gasteiger partial charge in [0, 0.05) is 12.3 Å². The highest BCUT2D eigenvalue weighted by atomic mass is 16.3. The van der Waals surface area contributed by atoms with Crippen molar-refractivity contribution >= 4 is 5.91 Å². The van der Waals surface area contributed by atoms with E-state index < -0.39 is 5.60 Å². The van der Waals surface area contributed by atoms with Crippen LogP contribution < -0.4 is 10.9 Å². The second kappa shape index (κ2) is 5.77. The number of fused-ring (bicyclic) bond motifs is 1. The first-order valence-corrected chi connectivity index (χ1v) is 7.36. The topological polar surface area (TPSA) is 82.2 Å². The number of aromatic amines is 1. The Morgan fingerprint density at radius 1 is 1.27 bits per heavy atom. The third-order valence-electron chi connectivity index (χ3n) is 4.14. The highest BCUT2D eigenvalue weighted by Gasteiger charge is 2.34. The van der Waals surface area contributed by atoms with Crippen LogP contribution in [0.2, 0.25) is 0 Å². The molecule has 3 rings (SSSR count). The molecule has 0 fully saturated rings. The quantitative estimate of drug-likeness (QED) is 0.799. The van der Waals surface area contributed by atoms with Gasteiger partial charge in [0.15, 0.2) is 0 Å². The number of aryl methyl sites for hydroxylation is 1. The smallest absolute Gasteiger partial charge is 0.252 e. The van der Waals surface area contributed by atoms with E-state index in [9.17, 15) is 14.7 Å². The number of benzene rings is 1. The number of pyridine rings is 1. The second-order valence-electron chi connectivity index (χ2n) is 5.67. The Labute approximate surface area is 128 Å². The van der Waals surface area contributed by atoms with Gasteiger partial charge in [-0.2, -0.15) is 0 Å². The number of H-pyrrole nitrogens is 1. The van der Waals surface area contributed by atoms with Gasteiger partial charge in [-0.05, 0) is 36.5 Å². The molecule has 5 nitrogen and oxygen atoms in total. The number of rotatable bonds is 3. The fourth-order valence-electron chi connectivity index (χ4n) is 2.96. The zero-order valence-electron chi connectivity index (χ0n) is 12.1. The third kappa shape index (κ3) is 2.80. The highest BCUT2D eigenvalue weighted by molar-refractivity contribution is 5.93. The van der Waals surface area contributed by atoms with Gasteiger partial charge in [-0.25, -0.2) is 0 Å². The predicted molar refractivity (Wildman–Crippen MR) is 82.7 cm³/mol. The summed E-state index contributed by atoms with van der Waals surface area (Å²) >= 11 is 0. The van der Waals surface area contributed by atoms with Crippen LogP contribution in [-0.4, -0.2) is 22.5 Å². The van der Waals surface area contributed by atoms with Gasteiger partial charge in [-0.3, -0.25) is 9.59 Å². The highest BCUT2D eigenvalue weighted by Crippen LogP contribution is 2.34. The van der Waals surface area contributed by atoms with Crippen molar-refractivity contribution in [3.8, 4) is 0 Å². The molecule has 0 aliphatic heterocycles. The first kappa shape index (κ1) is 14.5. The Balaban J connectivity index is 1.75. The van der Waals surface area contributed by atoms with Gasteiger partial charge < -0.3 is 15.4 Å². The van der Waals surface area contributed by atoms with Gasteiger partial charge in [-0.15, -0.1) is 0 Å². The van der Waals surface area contributed by atoms with Crippen molar-refractivity contribution in [1.82, 2.24) is 10.3 Å². The number of nitrogens with one attached hydrogen (secondary N) is 2. The van der Waals surface area contributed by atoms with Crippen LogP contribution in [0, 0.1) is 0 Å². The molecule has 5 heteroatoms. The minimum absolute atomic E-state index is 0.155. The van der Waals surface area contributed by atoms with Crippen molar-refractivity contribution in [3.05, 3.63) is 69.6 Å². The molecule has 0 radical (unpaired) electrons. The monoisotopic (exact) mass is 298 g/mol. The first-order valence-electron chi connectivity index (χ1n) is 7.36. The number of aromatic nitrogens is 1. The summed E-state index contributed by atoms with van der Waals surface area (Å²) in [5.41, 5.74) is 1.11. The Kier molecular flexibility index (Phi) is 3.81. The molecule has 0 saturated carbocycles. The van der Waals surface area contributed by atoms with E-state index in [1.807, 2.05) is 24.3 Å². The lowest BCUT2D eigenvalue weighted by Crippen LogP contribution is -2.43. The number of hydrogen-bond acceptors (Lipinski definition) is 3. The molecule has 0 unspecified atom stereocenters. The molecule has 1 aliphatic carbocycles. The maximum atomic E-state index is 12.1. The summed E-state index contributed by atoms with van der Waals surface area (Å²) in [7, 11) is 0. The summed E-state index contributed by atoms with van der Waals surface area (Å²) < 4.78 is 0. The lowest BCUT2D eigenvalue weighted by atomic mass is 9.79. The molecule has 0 bridgehead atoms. The fourth-order valence-corrected chi connectivity index (χ4v) is 2.96. The molecular formula is C17H18N2O3. The molecule has 114 valence electrons. The van der Waals surface area contributed by atoms with Crippen molar-refractivity contribution in [2.75, 3.05) is 6.54 Å². The van der Waals surface area contributed by atoms with Gasteiger partial charge in [0.2, 0.25) is 5.56 Å². The number of hydrogen-bond donors (Lipinski definition) is 3. The lowest BCUT2D eigenvalue weighted by Gasteiger charge is -2.34. The molecule has 2 aromatic rings. The van der Waals surface area contributed by atoms with Crippen LogP contribution in [0.5, 0.6) is 0 Å². The summed E-state index contributed by atoms with van der Waals surface area (Å²) in [6.45, 7) is 0.155. The lowest BCUT2D eigenvalue weighted by molar-refractivity contribution is 0.0189. The minimum atomic E-state index is -1.04. The number of carbonyl (C=O) groups is 1. The molecule has 0 spiro atoms. The zero-order chi connectivity index (χ0) is 15.6. The Morgan fingerprint density at radius 3 is 2.86 bits per heavy atom. The summed E-state index contributed by atoms with van der Waals surface area (Å²) in [4.78, 5) is 25.6. The van der Waals surface area contributed by atoms with Gasteiger partial charge in [0.1, 0.15) is 5.60 Å². The van der Waals surface area contributed by atoms with Crippen molar-refractivity contribution in [2.45, 2.75) is 24.9 Å². The van der Waals surface area contributed by atoms with Crippen molar-refractivity contribution < 1.29 is 9.90 Å². The molecule has 1 aromatic carbocycles. The van der Waals surface area contributed by atoms with Crippen LogP contribution in [0.4, 0.5) is 0 Å². The predicted octanol–water partition coefficient (Wildman–Crippen LogP) is 1.33. The van der Waals surface area contributed by atoms with E-state index >= 15 is 0 Å². The Morgan fingerprint density at radius 2 is 2.09 bits per heavy atom. The van der Waals surface area contributed by atoms with E-state index in [-0.39, 0.29) is 18.0 Å². The van der Waals surface area contributed by atoms with Crippen LogP contribution in [0.1, 0.15) is 34.3 Å². The van der Waals surface area contributed by atoms with E-state index in [1.54, 1.807) is 0 Å². The Hall–Kier alpha value is -2.40. The first-order chi connectivity index (χ1) is 10.6. The average molecular weight is 298 g/mol. The maximum absolute atomic E-state index is 12.1. The van der Waals surface area contributed by atoms with Crippen LogP contribution in [0.15, 0.2) is 47.4 Å². The molecule has 0 saturated heterocycles.